The zero-order valence-electron chi connectivity index (χ0n) is 17.3. The first kappa shape index (κ1) is 19.9. The van der Waals surface area contributed by atoms with Crippen molar-refractivity contribution in [3.05, 3.63) is 79.9 Å². The Morgan fingerprint density at radius 3 is 2.60 bits per heavy atom. The third-order valence-corrected chi connectivity index (χ3v) is 5.53. The number of H-pyrrole nitrogens is 2. The lowest BCUT2D eigenvalue weighted by Gasteiger charge is -2.24. The summed E-state index contributed by atoms with van der Waals surface area (Å²) in [6, 6.07) is 8.13. The van der Waals surface area contributed by atoms with Crippen LogP contribution >= 0.6 is 0 Å². The molecule has 0 aliphatic heterocycles. The zero-order valence-corrected chi connectivity index (χ0v) is 17.3. The third-order valence-electron chi connectivity index (χ3n) is 5.53. The summed E-state index contributed by atoms with van der Waals surface area (Å²) in [6.07, 6.45) is 5.44. The van der Waals surface area contributed by atoms with E-state index in [1.807, 2.05) is 4.68 Å². The first-order valence-electron chi connectivity index (χ1n) is 10.0. The summed E-state index contributed by atoms with van der Waals surface area (Å²) in [5.41, 5.74) is 2.86. The van der Waals surface area contributed by atoms with E-state index >= 15 is 0 Å². The Labute approximate surface area is 173 Å². The minimum Gasteiger partial charge on any atom is -0.345 e. The number of amides is 1. The van der Waals surface area contributed by atoms with Gasteiger partial charge in [0.1, 0.15) is 5.56 Å². The lowest BCUT2D eigenvalue weighted by Crippen LogP contribution is -2.36. The number of carbonyl (C=O) groups excluding carboxylic acids is 1. The summed E-state index contributed by atoms with van der Waals surface area (Å²) in [4.78, 5) is 40.1. The van der Waals surface area contributed by atoms with E-state index in [2.05, 4.69) is 65.4 Å². The van der Waals surface area contributed by atoms with E-state index in [1.165, 1.54) is 5.56 Å². The van der Waals surface area contributed by atoms with Crippen LogP contribution in [-0.4, -0.2) is 25.7 Å². The Hall–Kier alpha value is -3.42. The molecule has 0 fully saturated rings. The fraction of sp³-hybridized carbons (Fsp3) is 0.364. The predicted octanol–water partition coefficient (Wildman–Crippen LogP) is 2.35. The molecule has 0 spiro atoms. The van der Waals surface area contributed by atoms with Crippen LogP contribution in [0.5, 0.6) is 0 Å². The van der Waals surface area contributed by atoms with Crippen LogP contribution in [0, 0.1) is 0 Å². The van der Waals surface area contributed by atoms with Crippen molar-refractivity contribution in [2.75, 3.05) is 0 Å². The Balaban J connectivity index is 1.60. The molecular weight excluding hydrogens is 382 g/mol. The van der Waals surface area contributed by atoms with Crippen molar-refractivity contribution in [3.8, 4) is 5.69 Å². The highest BCUT2D eigenvalue weighted by atomic mass is 16.2. The predicted molar refractivity (Wildman–Crippen MR) is 113 cm³/mol. The van der Waals surface area contributed by atoms with Gasteiger partial charge in [-0.25, -0.2) is 9.48 Å². The van der Waals surface area contributed by atoms with Gasteiger partial charge in [0.25, 0.3) is 11.5 Å². The fourth-order valence-electron chi connectivity index (χ4n) is 3.85. The van der Waals surface area contributed by atoms with Crippen LogP contribution in [0.25, 0.3) is 5.69 Å². The highest BCUT2D eigenvalue weighted by molar-refractivity contribution is 5.93. The van der Waals surface area contributed by atoms with Gasteiger partial charge in [-0.2, -0.15) is 5.10 Å². The molecule has 1 aromatic carbocycles. The first-order chi connectivity index (χ1) is 14.2. The normalized spacial score (nSPS) is 16.2. The van der Waals surface area contributed by atoms with E-state index < -0.39 is 17.2 Å². The topological polar surface area (TPSA) is 113 Å². The van der Waals surface area contributed by atoms with Gasteiger partial charge in [0.15, 0.2) is 0 Å². The lowest BCUT2D eigenvalue weighted by molar-refractivity contribution is 0.0930. The van der Waals surface area contributed by atoms with Gasteiger partial charge in [0, 0.05) is 17.5 Å². The Bertz CT molecular complexity index is 1190. The monoisotopic (exact) mass is 407 g/mol. The number of aromatic nitrogens is 4. The van der Waals surface area contributed by atoms with E-state index in [4.69, 9.17) is 0 Å². The Kier molecular flexibility index (Phi) is 4.93. The molecule has 0 saturated heterocycles. The van der Waals surface area contributed by atoms with Gasteiger partial charge >= 0.3 is 5.69 Å². The number of fused-ring (bicyclic) bond motifs is 1. The molecule has 8 heteroatoms. The van der Waals surface area contributed by atoms with Crippen LogP contribution in [-0.2, 0) is 11.8 Å². The number of rotatable bonds is 3. The number of nitrogens with one attached hydrogen (secondary N) is 3. The third kappa shape index (κ3) is 3.72. The van der Waals surface area contributed by atoms with Crippen molar-refractivity contribution < 1.29 is 4.79 Å². The van der Waals surface area contributed by atoms with Crippen molar-refractivity contribution in [1.29, 1.82) is 0 Å². The van der Waals surface area contributed by atoms with E-state index in [9.17, 15) is 14.4 Å². The van der Waals surface area contributed by atoms with Crippen LogP contribution in [0.15, 0.2) is 46.2 Å². The molecule has 30 heavy (non-hydrogen) atoms. The second-order valence-corrected chi connectivity index (χ2v) is 8.66. The van der Waals surface area contributed by atoms with Gasteiger partial charge in [-0.15, -0.1) is 0 Å². The number of nitrogens with zero attached hydrogens (tertiary/aromatic N) is 2. The fourth-order valence-corrected chi connectivity index (χ4v) is 3.85. The maximum absolute atomic E-state index is 12.6. The van der Waals surface area contributed by atoms with Gasteiger partial charge in [0.2, 0.25) is 0 Å². The van der Waals surface area contributed by atoms with Crippen molar-refractivity contribution in [1.82, 2.24) is 25.1 Å². The van der Waals surface area contributed by atoms with E-state index in [1.54, 1.807) is 6.20 Å². The molecule has 1 atom stereocenters. The molecule has 1 aliphatic carbocycles. The van der Waals surface area contributed by atoms with Gasteiger partial charge in [0.05, 0.1) is 17.9 Å². The molecular formula is C22H25N5O3. The van der Waals surface area contributed by atoms with E-state index in [0.29, 0.717) is 0 Å². The average Bonchev–Trinajstić information content (AvgIpc) is 3.12. The molecule has 2 aromatic heterocycles. The average molecular weight is 407 g/mol. The molecule has 0 saturated carbocycles. The van der Waals surface area contributed by atoms with Crippen LogP contribution in [0.1, 0.15) is 66.8 Å². The van der Waals surface area contributed by atoms with Gasteiger partial charge < -0.3 is 10.3 Å². The molecule has 0 unspecified atom stereocenters. The molecule has 156 valence electrons. The van der Waals surface area contributed by atoms with E-state index in [-0.39, 0.29) is 17.0 Å². The summed E-state index contributed by atoms with van der Waals surface area (Å²) in [5, 5.41) is 7.48. The molecule has 8 nitrogen and oxygen atoms in total. The highest BCUT2D eigenvalue weighted by Crippen LogP contribution is 2.32. The molecule has 1 amide bonds. The number of hydrogen-bond donors (Lipinski definition) is 3. The van der Waals surface area contributed by atoms with Crippen molar-refractivity contribution in [2.24, 2.45) is 0 Å². The minimum atomic E-state index is -0.707. The number of carbonyl (C=O) groups is 1. The summed E-state index contributed by atoms with van der Waals surface area (Å²) in [6.45, 7) is 6.54. The van der Waals surface area contributed by atoms with Gasteiger partial charge in [-0.1, -0.05) is 32.9 Å². The number of aromatic amines is 2. The molecule has 0 bridgehead atoms. The van der Waals surface area contributed by atoms with Gasteiger partial charge in [-0.3, -0.25) is 14.6 Å². The molecule has 4 rings (SSSR count). The van der Waals surface area contributed by atoms with Crippen molar-refractivity contribution in [3.63, 3.8) is 0 Å². The minimum absolute atomic E-state index is 0.0804. The molecule has 3 aromatic rings. The quantitative estimate of drug-likeness (QED) is 0.618. The first-order valence-corrected chi connectivity index (χ1v) is 10.0. The molecule has 2 heterocycles. The van der Waals surface area contributed by atoms with Crippen LogP contribution in [0.2, 0.25) is 0 Å². The largest absolute Gasteiger partial charge is 0.345 e. The molecule has 3 N–H and O–H groups in total. The second kappa shape index (κ2) is 7.44. The summed E-state index contributed by atoms with van der Waals surface area (Å²) in [7, 11) is 0. The maximum Gasteiger partial charge on any atom is 0.325 e. The zero-order chi connectivity index (χ0) is 21.5. The summed E-state index contributed by atoms with van der Waals surface area (Å²) < 4.78 is 1.92. The SMILES string of the molecule is CC(C)(C)c1ccc(-n2ncc3c2CCC[C@H]3NC(=O)c2c[nH]c(=O)[nH]c2=O)cc1. The second-order valence-electron chi connectivity index (χ2n) is 8.66. The number of hydrogen-bond acceptors (Lipinski definition) is 4. The van der Waals surface area contributed by atoms with Crippen LogP contribution in [0.4, 0.5) is 0 Å². The molecule has 1 aliphatic rings. The smallest absolute Gasteiger partial charge is 0.325 e. The standard InChI is InChI=1S/C22H25N5O3/c1-22(2,3)13-7-9-14(10-8-13)27-18-6-4-5-17(15(18)12-24-27)25-19(28)16-11-23-21(30)26-20(16)29/h7-12,17H,4-6H2,1-3H3,(H,25,28)(H2,23,26,29,30)/t17-/m1/s1. The lowest BCUT2D eigenvalue weighted by atomic mass is 9.87. The maximum atomic E-state index is 12.6. The summed E-state index contributed by atoms with van der Waals surface area (Å²) >= 11 is 0. The summed E-state index contributed by atoms with van der Waals surface area (Å²) in [5.74, 6) is -0.521. The molecule has 0 radical (unpaired) electrons. The van der Waals surface area contributed by atoms with Crippen molar-refractivity contribution >= 4 is 5.91 Å². The Morgan fingerprint density at radius 2 is 1.93 bits per heavy atom. The highest BCUT2D eigenvalue weighted by Gasteiger charge is 2.27. The van der Waals surface area contributed by atoms with Gasteiger partial charge in [-0.05, 0) is 42.4 Å². The van der Waals surface area contributed by atoms with Crippen LogP contribution < -0.4 is 16.6 Å². The Morgan fingerprint density at radius 1 is 1.20 bits per heavy atom. The van der Waals surface area contributed by atoms with E-state index in [0.717, 1.165) is 42.4 Å². The van der Waals surface area contributed by atoms with Crippen molar-refractivity contribution in [2.45, 2.75) is 51.5 Å². The van der Waals surface area contributed by atoms with Crippen LogP contribution in [0.3, 0.4) is 0 Å². The number of benzene rings is 1.